The summed E-state index contributed by atoms with van der Waals surface area (Å²) in [7, 11) is 0. The van der Waals surface area contributed by atoms with E-state index in [-0.39, 0.29) is 11.9 Å². The Morgan fingerprint density at radius 2 is 1.75 bits per heavy atom. The standard InChI is InChI=1S/C17H18N2O/c1-11(2)12-7-9-13(10-8-12)18-16-14-5-3-4-6-15(14)19-17(16)20/h3-11,16,18H,1-2H3,(H,19,20). The zero-order valence-corrected chi connectivity index (χ0v) is 11.7. The van der Waals surface area contributed by atoms with E-state index in [0.717, 1.165) is 16.9 Å². The van der Waals surface area contributed by atoms with Crippen molar-refractivity contribution in [3.05, 3.63) is 59.7 Å². The number of carbonyl (C=O) groups is 1. The van der Waals surface area contributed by atoms with Gasteiger partial charge < -0.3 is 10.6 Å². The van der Waals surface area contributed by atoms with Gasteiger partial charge in [0.2, 0.25) is 0 Å². The van der Waals surface area contributed by atoms with Crippen LogP contribution >= 0.6 is 0 Å². The van der Waals surface area contributed by atoms with E-state index in [4.69, 9.17) is 0 Å². The van der Waals surface area contributed by atoms with Gasteiger partial charge in [-0.25, -0.2) is 0 Å². The summed E-state index contributed by atoms with van der Waals surface area (Å²) in [5, 5.41) is 6.20. The van der Waals surface area contributed by atoms with Gasteiger partial charge in [-0.1, -0.05) is 44.2 Å². The van der Waals surface area contributed by atoms with Crippen molar-refractivity contribution < 1.29 is 4.79 Å². The molecule has 0 saturated carbocycles. The summed E-state index contributed by atoms with van der Waals surface area (Å²) in [4.78, 5) is 12.0. The van der Waals surface area contributed by atoms with Gasteiger partial charge in [0.15, 0.2) is 0 Å². The van der Waals surface area contributed by atoms with E-state index in [0.29, 0.717) is 5.92 Å². The summed E-state index contributed by atoms with van der Waals surface area (Å²) in [6.07, 6.45) is 0. The number of para-hydroxylation sites is 1. The molecule has 1 aliphatic heterocycles. The summed E-state index contributed by atoms with van der Waals surface area (Å²) in [5.41, 5.74) is 4.16. The van der Waals surface area contributed by atoms with Crippen LogP contribution in [0.5, 0.6) is 0 Å². The minimum Gasteiger partial charge on any atom is -0.370 e. The molecule has 0 aromatic heterocycles. The van der Waals surface area contributed by atoms with E-state index in [9.17, 15) is 4.79 Å². The lowest BCUT2D eigenvalue weighted by Crippen LogP contribution is -2.19. The van der Waals surface area contributed by atoms with Gasteiger partial charge in [-0.05, 0) is 29.7 Å². The predicted molar refractivity (Wildman–Crippen MR) is 82.0 cm³/mol. The van der Waals surface area contributed by atoms with Gasteiger partial charge in [-0.3, -0.25) is 4.79 Å². The normalized spacial score (nSPS) is 16.9. The number of rotatable bonds is 3. The fraction of sp³-hybridized carbons (Fsp3) is 0.235. The highest BCUT2D eigenvalue weighted by Crippen LogP contribution is 2.33. The van der Waals surface area contributed by atoms with Crippen LogP contribution in [0.25, 0.3) is 0 Å². The maximum Gasteiger partial charge on any atom is 0.251 e. The number of carbonyl (C=O) groups excluding carboxylic acids is 1. The molecule has 2 N–H and O–H groups in total. The number of hydrogen-bond acceptors (Lipinski definition) is 2. The highest BCUT2D eigenvalue weighted by Gasteiger charge is 2.29. The van der Waals surface area contributed by atoms with Crippen LogP contribution in [0.2, 0.25) is 0 Å². The average Bonchev–Trinajstić information content (AvgIpc) is 2.76. The molecule has 20 heavy (non-hydrogen) atoms. The summed E-state index contributed by atoms with van der Waals surface area (Å²) in [6, 6.07) is 15.7. The quantitative estimate of drug-likeness (QED) is 0.884. The van der Waals surface area contributed by atoms with Gasteiger partial charge in [0.25, 0.3) is 5.91 Å². The Morgan fingerprint density at radius 1 is 1.05 bits per heavy atom. The lowest BCUT2D eigenvalue weighted by Gasteiger charge is -2.14. The third kappa shape index (κ3) is 2.27. The summed E-state index contributed by atoms with van der Waals surface area (Å²) >= 11 is 0. The Kier molecular flexibility index (Phi) is 3.18. The van der Waals surface area contributed by atoms with Gasteiger partial charge in [0.1, 0.15) is 6.04 Å². The second kappa shape index (κ2) is 5.00. The number of amides is 1. The van der Waals surface area contributed by atoms with Crippen molar-refractivity contribution in [2.75, 3.05) is 10.6 Å². The van der Waals surface area contributed by atoms with Crippen molar-refractivity contribution >= 4 is 17.3 Å². The fourth-order valence-corrected chi connectivity index (χ4v) is 2.48. The fourth-order valence-electron chi connectivity index (χ4n) is 2.48. The zero-order chi connectivity index (χ0) is 14.1. The van der Waals surface area contributed by atoms with Gasteiger partial charge in [0, 0.05) is 16.9 Å². The Morgan fingerprint density at radius 3 is 2.45 bits per heavy atom. The molecule has 1 atom stereocenters. The van der Waals surface area contributed by atoms with Crippen LogP contribution in [0.15, 0.2) is 48.5 Å². The zero-order valence-electron chi connectivity index (χ0n) is 11.7. The van der Waals surface area contributed by atoms with E-state index in [1.54, 1.807) is 0 Å². The third-order valence-electron chi connectivity index (χ3n) is 3.68. The van der Waals surface area contributed by atoms with E-state index >= 15 is 0 Å². The number of hydrogen-bond donors (Lipinski definition) is 2. The molecule has 0 saturated heterocycles. The lowest BCUT2D eigenvalue weighted by molar-refractivity contribution is -0.116. The minimum absolute atomic E-state index is 0.000800. The number of benzene rings is 2. The SMILES string of the molecule is CC(C)c1ccc(NC2C(=O)Nc3ccccc32)cc1. The first-order valence-electron chi connectivity index (χ1n) is 6.91. The monoisotopic (exact) mass is 266 g/mol. The average molecular weight is 266 g/mol. The molecule has 2 aromatic rings. The Hall–Kier alpha value is -2.29. The van der Waals surface area contributed by atoms with Crippen LogP contribution in [-0.2, 0) is 4.79 Å². The third-order valence-corrected chi connectivity index (χ3v) is 3.68. The van der Waals surface area contributed by atoms with Crippen molar-refractivity contribution in [1.82, 2.24) is 0 Å². The van der Waals surface area contributed by atoms with Crippen LogP contribution in [-0.4, -0.2) is 5.91 Å². The van der Waals surface area contributed by atoms with Crippen LogP contribution < -0.4 is 10.6 Å². The smallest absolute Gasteiger partial charge is 0.251 e. The Balaban J connectivity index is 1.83. The van der Waals surface area contributed by atoms with Gasteiger partial charge in [-0.15, -0.1) is 0 Å². The summed E-state index contributed by atoms with van der Waals surface area (Å²) in [6.45, 7) is 4.34. The van der Waals surface area contributed by atoms with Gasteiger partial charge >= 0.3 is 0 Å². The second-order valence-electron chi connectivity index (χ2n) is 5.43. The Bertz CT molecular complexity index is 632. The molecule has 0 spiro atoms. The first-order valence-corrected chi connectivity index (χ1v) is 6.91. The van der Waals surface area contributed by atoms with Crippen LogP contribution in [0.1, 0.15) is 36.9 Å². The molecule has 0 aliphatic carbocycles. The molecule has 1 heterocycles. The number of fused-ring (bicyclic) bond motifs is 1. The highest BCUT2D eigenvalue weighted by molar-refractivity contribution is 6.04. The van der Waals surface area contributed by atoms with Gasteiger partial charge in [-0.2, -0.15) is 0 Å². The van der Waals surface area contributed by atoms with E-state index in [2.05, 4.69) is 36.6 Å². The molecular formula is C17H18N2O. The molecule has 3 heteroatoms. The molecule has 0 fully saturated rings. The predicted octanol–water partition coefficient (Wildman–Crippen LogP) is 3.92. The van der Waals surface area contributed by atoms with E-state index in [1.807, 2.05) is 36.4 Å². The largest absolute Gasteiger partial charge is 0.370 e. The molecule has 3 nitrogen and oxygen atoms in total. The molecule has 3 rings (SSSR count). The highest BCUT2D eigenvalue weighted by atomic mass is 16.2. The lowest BCUT2D eigenvalue weighted by atomic mass is 10.0. The molecule has 1 amide bonds. The van der Waals surface area contributed by atoms with Crippen molar-refractivity contribution in [1.29, 1.82) is 0 Å². The number of nitrogens with one attached hydrogen (secondary N) is 2. The van der Waals surface area contributed by atoms with Crippen LogP contribution in [0.4, 0.5) is 11.4 Å². The molecule has 1 aliphatic rings. The molecule has 1 unspecified atom stereocenters. The van der Waals surface area contributed by atoms with Crippen molar-refractivity contribution in [3.63, 3.8) is 0 Å². The second-order valence-corrected chi connectivity index (χ2v) is 5.43. The molecular weight excluding hydrogens is 248 g/mol. The first-order chi connectivity index (χ1) is 9.65. The molecule has 0 bridgehead atoms. The van der Waals surface area contributed by atoms with Crippen molar-refractivity contribution in [3.8, 4) is 0 Å². The van der Waals surface area contributed by atoms with E-state index < -0.39 is 0 Å². The van der Waals surface area contributed by atoms with Crippen LogP contribution in [0.3, 0.4) is 0 Å². The molecule has 102 valence electrons. The topological polar surface area (TPSA) is 41.1 Å². The first kappa shape index (κ1) is 12.7. The summed E-state index contributed by atoms with van der Waals surface area (Å²) in [5.74, 6) is 0.513. The maximum atomic E-state index is 12.0. The van der Waals surface area contributed by atoms with Gasteiger partial charge in [0.05, 0.1) is 0 Å². The van der Waals surface area contributed by atoms with Crippen molar-refractivity contribution in [2.45, 2.75) is 25.8 Å². The Labute approximate surface area is 119 Å². The molecule has 2 aromatic carbocycles. The van der Waals surface area contributed by atoms with Crippen molar-refractivity contribution in [2.24, 2.45) is 0 Å². The number of anilines is 2. The molecule has 0 radical (unpaired) electrons. The maximum absolute atomic E-state index is 12.0. The summed E-state index contributed by atoms with van der Waals surface area (Å²) < 4.78 is 0. The van der Waals surface area contributed by atoms with Crippen LogP contribution in [0, 0.1) is 0 Å². The minimum atomic E-state index is -0.309. The van der Waals surface area contributed by atoms with E-state index in [1.165, 1.54) is 5.56 Å².